The lowest BCUT2D eigenvalue weighted by atomic mass is 9.78. The molecule has 0 aliphatic carbocycles. The Morgan fingerprint density at radius 3 is 1.03 bits per heavy atom. The van der Waals surface area contributed by atoms with Gasteiger partial charge >= 0.3 is 49.2 Å². The Morgan fingerprint density at radius 2 is 0.726 bits per heavy atom. The predicted octanol–water partition coefficient (Wildman–Crippen LogP) is 13.6. The summed E-state index contributed by atoms with van der Waals surface area (Å²) in [5.74, 6) is -6.83. The highest BCUT2D eigenvalue weighted by molar-refractivity contribution is 9.10. The van der Waals surface area contributed by atoms with Gasteiger partial charge in [-0.1, -0.05) is 31.9 Å². The van der Waals surface area contributed by atoms with Gasteiger partial charge < -0.3 is 38.8 Å². The highest BCUT2D eigenvalue weighted by Crippen LogP contribution is 2.38. The molecule has 0 atom stereocenters. The third-order valence-corrected chi connectivity index (χ3v) is 21.4. The Hall–Kier alpha value is -12.5. The summed E-state index contributed by atoms with van der Waals surface area (Å²) in [6.07, 6.45) is 3.76. The van der Waals surface area contributed by atoms with Gasteiger partial charge in [-0.3, -0.25) is 18.3 Å². The van der Waals surface area contributed by atoms with Crippen LogP contribution in [0.1, 0.15) is 114 Å². The standard InChI is InChI=1S/C28H31BF2N4O5.C22H19BrF2N4O3.C17H13BF2N4O3.C17H11BrF2N4O/c1-15-9-10-17-22-21(13-32-23(17)33-15)35(25(37)38-26(2,3)4)24(36)34(22)14-18-19(30)11-16(12-20(18)31)29-39-27(5,6)28(7,8)40-29;1-11-5-6-13-18-17(9-26-19(13)27-11)29(21(31)32-22(2,3)4)20(30)28(18)10-14-15(24)7-12(23)8-16(14)25;1-8-2-3-10-15-14(6-21-16(10)22-8)23-17(25)24(15)7-11-12(19)4-9(18(26)27)5-13(11)20;1-8-2-3-10-15-14(6-21-16(10)22-8)23-17(25)24(15)7-11-12(19)4-9(18)5-13(11)20/h9-13H,14H2,1-8H3;5-9H,10H2,1-4H3;2-6,26-27H,7H2,1H3,(H,23,25);2-6H,7H2,1H3,(H,23,25). The molecule has 1 fully saturated rings. The summed E-state index contributed by atoms with van der Waals surface area (Å²) in [4.78, 5) is 117. The summed E-state index contributed by atoms with van der Waals surface area (Å²) in [5.41, 5.74) is -0.0216. The van der Waals surface area contributed by atoms with Crippen molar-refractivity contribution in [3.63, 3.8) is 0 Å². The van der Waals surface area contributed by atoms with Crippen LogP contribution in [0.4, 0.5) is 44.7 Å². The fraction of sp³-hybridized carbons (Fsp3) is 0.262. The average Bonchev–Trinajstić information content (AvgIpc) is 1.59. The van der Waals surface area contributed by atoms with Crippen LogP contribution < -0.4 is 33.7 Å². The molecule has 124 heavy (non-hydrogen) atoms. The number of carbonyl (C=O) groups excluding carboxylic acids is 2. The molecule has 0 spiro atoms. The van der Waals surface area contributed by atoms with Crippen LogP contribution in [0.25, 0.3) is 88.3 Å². The Kier molecular flexibility index (Phi) is 23.6. The number of hydrogen-bond acceptors (Lipinski definition) is 20. The van der Waals surface area contributed by atoms with Crippen LogP contribution in [0.5, 0.6) is 0 Å². The van der Waals surface area contributed by atoms with Crippen molar-refractivity contribution in [3.8, 4) is 0 Å². The number of aryl methyl sites for hydroxylation is 4. The van der Waals surface area contributed by atoms with Gasteiger partial charge in [0.15, 0.2) is 22.6 Å². The Morgan fingerprint density at radius 1 is 0.444 bits per heavy atom. The van der Waals surface area contributed by atoms with Crippen LogP contribution >= 0.6 is 31.9 Å². The normalized spacial score (nSPS) is 13.3. The van der Waals surface area contributed by atoms with Crippen molar-refractivity contribution in [1.29, 1.82) is 0 Å². The van der Waals surface area contributed by atoms with Gasteiger partial charge in [0.1, 0.15) is 57.7 Å². The highest BCUT2D eigenvalue weighted by atomic mass is 79.9. The van der Waals surface area contributed by atoms with Crippen LogP contribution in [-0.2, 0) is 45.0 Å². The first-order valence-electron chi connectivity index (χ1n) is 38.1. The molecule has 1 aliphatic heterocycles. The lowest BCUT2D eigenvalue weighted by Gasteiger charge is -2.32. The second-order valence-electron chi connectivity index (χ2n) is 32.3. The molecule has 12 aromatic heterocycles. The molecule has 638 valence electrons. The SMILES string of the molecule is Cc1ccc2c(ncc3[nH]c(=O)n(Cc4c(F)cc(B(O)O)cc4F)c32)n1.Cc1ccc2c(ncc3[nH]c(=O)n(Cc4c(F)cc(Br)cc4F)c32)n1.Cc1ccc2c(ncc3c2n(Cc2c(F)cc(B4OC(C)(C)C(C)(C)O4)cc2F)c(=O)n3C(=O)OC(C)(C)C)n1.Cc1ccc2c(ncc3c2n(Cc2c(F)cc(Br)cc2F)c(=O)n3C(=O)OC(C)(C)C)n1. The smallest absolute Gasteiger partial charge is 0.443 e. The van der Waals surface area contributed by atoms with Crippen LogP contribution in [0, 0.1) is 74.2 Å². The van der Waals surface area contributed by atoms with Gasteiger partial charge in [0.25, 0.3) is 0 Å². The molecule has 1 aliphatic rings. The van der Waals surface area contributed by atoms with Gasteiger partial charge in [-0.15, -0.1) is 0 Å². The Labute approximate surface area is 714 Å². The molecule has 1 saturated heterocycles. The number of imidazole rings is 4. The van der Waals surface area contributed by atoms with E-state index in [1.165, 1.54) is 46.1 Å². The molecule has 0 amide bonds. The van der Waals surface area contributed by atoms with E-state index in [0.29, 0.717) is 82.1 Å². The van der Waals surface area contributed by atoms with E-state index in [0.717, 1.165) is 66.1 Å². The summed E-state index contributed by atoms with van der Waals surface area (Å²) in [6, 6.07) is 22.5. The second kappa shape index (κ2) is 33.3. The van der Waals surface area contributed by atoms with Crippen molar-refractivity contribution in [2.45, 2.75) is 146 Å². The Bertz CT molecular complexity index is 7250. The third-order valence-electron chi connectivity index (χ3n) is 20.5. The topological polar surface area (TPSA) is 344 Å². The van der Waals surface area contributed by atoms with Gasteiger partial charge in [0.2, 0.25) is 0 Å². The number of aromatic nitrogens is 16. The fourth-order valence-corrected chi connectivity index (χ4v) is 14.7. The number of hydrogen-bond donors (Lipinski definition) is 4. The molecule has 0 bridgehead atoms. The number of ether oxygens (including phenoxy) is 2. The fourth-order valence-electron chi connectivity index (χ4n) is 13.9. The number of nitrogens with one attached hydrogen (secondary N) is 2. The molecule has 40 heteroatoms. The minimum Gasteiger partial charge on any atom is -0.443 e. The van der Waals surface area contributed by atoms with Crippen molar-refractivity contribution in [2.24, 2.45) is 0 Å². The summed E-state index contributed by atoms with van der Waals surface area (Å²) >= 11 is 6.09. The number of halogens is 10. The number of aromatic amines is 2. The largest absolute Gasteiger partial charge is 0.495 e. The lowest BCUT2D eigenvalue weighted by Crippen LogP contribution is -2.41. The van der Waals surface area contributed by atoms with Gasteiger partial charge in [-0.25, -0.2) is 104 Å². The summed E-state index contributed by atoms with van der Waals surface area (Å²) < 4.78 is 147. The number of nitrogens with zero attached hydrogens (tertiary/aromatic N) is 14. The van der Waals surface area contributed by atoms with Gasteiger partial charge in [-0.05, 0) is 205 Å². The first-order valence-corrected chi connectivity index (χ1v) is 39.7. The van der Waals surface area contributed by atoms with Crippen LogP contribution in [-0.4, -0.2) is 136 Å². The molecule has 0 radical (unpaired) electrons. The minimum atomic E-state index is -2.00. The highest BCUT2D eigenvalue weighted by Gasteiger charge is 2.52. The summed E-state index contributed by atoms with van der Waals surface area (Å²) in [7, 11) is -2.97. The maximum absolute atomic E-state index is 15.5. The van der Waals surface area contributed by atoms with Gasteiger partial charge in [-0.2, -0.15) is 9.13 Å². The molecule has 17 rings (SSSR count). The van der Waals surface area contributed by atoms with Crippen molar-refractivity contribution >= 4 is 157 Å². The molecule has 16 aromatic rings. The van der Waals surface area contributed by atoms with Crippen LogP contribution in [0.2, 0.25) is 0 Å². The molecule has 4 N–H and O–H groups in total. The quantitative estimate of drug-likeness (QED) is 0.0730. The van der Waals surface area contributed by atoms with Crippen LogP contribution in [0.3, 0.4) is 0 Å². The first-order chi connectivity index (χ1) is 58.2. The van der Waals surface area contributed by atoms with E-state index >= 15 is 8.78 Å². The van der Waals surface area contributed by atoms with E-state index in [2.05, 4.69) is 81.7 Å². The van der Waals surface area contributed by atoms with E-state index in [1.807, 2.05) is 34.6 Å². The number of rotatable bonds is 10. The molecule has 0 saturated carbocycles. The van der Waals surface area contributed by atoms with E-state index in [1.54, 1.807) is 111 Å². The van der Waals surface area contributed by atoms with Crippen LogP contribution in [0.15, 0.2) is 150 Å². The van der Waals surface area contributed by atoms with E-state index in [-0.39, 0.29) is 72.8 Å². The summed E-state index contributed by atoms with van der Waals surface area (Å²) in [6.45, 7) is 23.0. The van der Waals surface area contributed by atoms with Crippen molar-refractivity contribution in [3.05, 3.63) is 264 Å². The predicted molar refractivity (Wildman–Crippen MR) is 455 cm³/mol. The number of H-pyrrole nitrogens is 2. The molecule has 13 heterocycles. The third kappa shape index (κ3) is 17.4. The first kappa shape index (κ1) is 87.8. The number of benzene rings is 4. The lowest BCUT2D eigenvalue weighted by molar-refractivity contribution is 0.00578. The maximum atomic E-state index is 15.5. The monoisotopic (exact) mass is 1830 g/mol. The number of pyridine rings is 8. The number of fused-ring (bicyclic) bond motifs is 12. The molecule has 0 unspecified atom stereocenters. The van der Waals surface area contributed by atoms with Crippen molar-refractivity contribution in [2.75, 3.05) is 0 Å². The zero-order valence-electron chi connectivity index (χ0n) is 68.5. The maximum Gasteiger partial charge on any atom is 0.495 e. The number of carbonyl (C=O) groups is 2. The minimum absolute atomic E-state index is 0.132. The van der Waals surface area contributed by atoms with E-state index in [9.17, 15) is 55.1 Å². The van der Waals surface area contributed by atoms with Gasteiger partial charge in [0.05, 0.1) is 106 Å². The molecular formula is C84H74B2Br2F8N16O12. The molecular weight excluding hydrogens is 1760 g/mol. The molecule has 28 nitrogen and oxygen atoms in total. The molecule has 4 aromatic carbocycles. The zero-order chi connectivity index (χ0) is 89.7. The van der Waals surface area contributed by atoms with E-state index in [4.69, 9.17) is 28.8 Å². The zero-order valence-corrected chi connectivity index (χ0v) is 71.7. The van der Waals surface area contributed by atoms with E-state index < -0.39 is 131 Å². The summed E-state index contributed by atoms with van der Waals surface area (Å²) in [5, 5.41) is 20.3. The second-order valence-corrected chi connectivity index (χ2v) is 34.1. The average molecular weight is 1830 g/mol. The van der Waals surface area contributed by atoms with Gasteiger partial charge in [0, 0.05) is 75.5 Å². The Balaban J connectivity index is 0.000000137. The van der Waals surface area contributed by atoms with Crippen molar-refractivity contribution in [1.82, 2.24) is 77.2 Å². The van der Waals surface area contributed by atoms with Crippen molar-refractivity contribution < 1.29 is 73.5 Å².